The quantitative estimate of drug-likeness (QED) is 0.380. The second kappa shape index (κ2) is 9.70. The van der Waals surface area contributed by atoms with Gasteiger partial charge in [-0.25, -0.2) is 13.1 Å². The summed E-state index contributed by atoms with van der Waals surface area (Å²) >= 11 is 0. The fraction of sp³-hybridized carbons (Fsp3) is 0.800. The minimum Gasteiger partial charge on any atom is -0.469 e. The van der Waals surface area contributed by atoms with Gasteiger partial charge in [0.15, 0.2) is 0 Å². The van der Waals surface area contributed by atoms with Crippen LogP contribution in [0.2, 0.25) is 0 Å². The summed E-state index contributed by atoms with van der Waals surface area (Å²) < 4.78 is 34.2. The number of amides is 1. The van der Waals surface area contributed by atoms with Crippen LogP contribution in [-0.4, -0.2) is 60.0 Å². The maximum atomic E-state index is 11.5. The summed E-state index contributed by atoms with van der Waals surface area (Å²) in [6.07, 6.45) is 0.171. The number of carbonyl (C=O) groups excluding carboxylic acids is 2. The Balaban J connectivity index is 3.84. The van der Waals surface area contributed by atoms with Gasteiger partial charge in [0, 0.05) is 20.1 Å². The molecule has 0 aliphatic heterocycles. The van der Waals surface area contributed by atoms with E-state index >= 15 is 0 Å². The molecule has 0 aromatic heterocycles. The maximum absolute atomic E-state index is 11.5. The van der Waals surface area contributed by atoms with E-state index in [1.807, 2.05) is 0 Å². The van der Waals surface area contributed by atoms with Crippen molar-refractivity contribution >= 4 is 21.9 Å². The predicted octanol–water partition coefficient (Wildman–Crippen LogP) is -1.38. The van der Waals surface area contributed by atoms with Crippen molar-refractivity contribution in [3.8, 4) is 0 Å². The van der Waals surface area contributed by atoms with Crippen molar-refractivity contribution in [2.24, 2.45) is 0 Å². The first-order valence-corrected chi connectivity index (χ1v) is 7.36. The lowest BCUT2D eigenvalue weighted by Gasteiger charge is -2.07. The fourth-order valence-electron chi connectivity index (χ4n) is 1.11. The van der Waals surface area contributed by atoms with Crippen LogP contribution in [0.1, 0.15) is 12.8 Å². The van der Waals surface area contributed by atoms with Crippen molar-refractivity contribution in [1.29, 1.82) is 0 Å². The van der Waals surface area contributed by atoms with E-state index in [0.717, 1.165) is 0 Å². The minimum absolute atomic E-state index is 0.0252. The molecule has 8 nitrogen and oxygen atoms in total. The first-order chi connectivity index (χ1) is 8.91. The first kappa shape index (κ1) is 17.8. The average Bonchev–Trinajstić information content (AvgIpc) is 2.36. The van der Waals surface area contributed by atoms with Crippen LogP contribution in [0.4, 0.5) is 0 Å². The molecule has 2 N–H and O–H groups in total. The van der Waals surface area contributed by atoms with E-state index in [1.165, 1.54) is 14.2 Å². The SMILES string of the molecule is COCCNC(=O)CNS(=O)(=O)CCCC(=O)OC. The number of ether oxygens (including phenoxy) is 2. The largest absolute Gasteiger partial charge is 0.469 e. The van der Waals surface area contributed by atoms with Crippen molar-refractivity contribution in [1.82, 2.24) is 10.0 Å². The van der Waals surface area contributed by atoms with Gasteiger partial charge in [0.2, 0.25) is 15.9 Å². The van der Waals surface area contributed by atoms with Gasteiger partial charge < -0.3 is 14.8 Å². The molecule has 0 bridgehead atoms. The van der Waals surface area contributed by atoms with Crippen molar-refractivity contribution in [2.45, 2.75) is 12.8 Å². The molecule has 0 spiro atoms. The maximum Gasteiger partial charge on any atom is 0.305 e. The fourth-order valence-corrected chi connectivity index (χ4v) is 2.13. The van der Waals surface area contributed by atoms with Crippen molar-refractivity contribution < 1.29 is 27.5 Å². The van der Waals surface area contributed by atoms with Crippen molar-refractivity contribution in [3.05, 3.63) is 0 Å². The Labute approximate surface area is 112 Å². The molecule has 0 aromatic carbocycles. The number of nitrogens with one attached hydrogen (secondary N) is 2. The summed E-state index contributed by atoms with van der Waals surface area (Å²) in [5, 5.41) is 2.47. The monoisotopic (exact) mass is 296 g/mol. The van der Waals surface area contributed by atoms with Gasteiger partial charge in [0.1, 0.15) is 0 Å². The molecule has 0 rings (SSSR count). The highest BCUT2D eigenvalue weighted by Crippen LogP contribution is 1.96. The summed E-state index contributed by atoms with van der Waals surface area (Å²) in [4.78, 5) is 22.0. The highest BCUT2D eigenvalue weighted by atomic mass is 32.2. The van der Waals surface area contributed by atoms with Crippen LogP contribution in [-0.2, 0) is 29.1 Å². The third kappa shape index (κ3) is 10.4. The van der Waals surface area contributed by atoms with Crippen LogP contribution in [0.15, 0.2) is 0 Å². The summed E-state index contributed by atoms with van der Waals surface area (Å²) in [6.45, 7) is 0.349. The number of esters is 1. The number of methoxy groups -OCH3 is 2. The molecule has 0 aromatic rings. The molecule has 0 aliphatic carbocycles. The third-order valence-electron chi connectivity index (χ3n) is 2.10. The highest BCUT2D eigenvalue weighted by molar-refractivity contribution is 7.89. The standard InChI is InChI=1S/C10H20N2O6S/c1-17-6-5-11-9(13)8-12-19(15,16)7-3-4-10(14)18-2/h12H,3-8H2,1-2H3,(H,11,13). The van der Waals surface area contributed by atoms with Crippen LogP contribution in [0.5, 0.6) is 0 Å². The second-order valence-electron chi connectivity index (χ2n) is 3.66. The van der Waals surface area contributed by atoms with Gasteiger partial charge in [-0.05, 0) is 6.42 Å². The normalized spacial score (nSPS) is 11.1. The number of hydrogen-bond donors (Lipinski definition) is 2. The lowest BCUT2D eigenvalue weighted by Crippen LogP contribution is -2.39. The lowest BCUT2D eigenvalue weighted by molar-refractivity contribution is -0.140. The van der Waals surface area contributed by atoms with Crippen LogP contribution in [0.25, 0.3) is 0 Å². The predicted molar refractivity (Wildman–Crippen MR) is 67.9 cm³/mol. The average molecular weight is 296 g/mol. The van der Waals surface area contributed by atoms with Crippen molar-refractivity contribution in [2.75, 3.05) is 39.7 Å². The van der Waals surface area contributed by atoms with Gasteiger partial charge >= 0.3 is 5.97 Å². The topological polar surface area (TPSA) is 111 Å². The van der Waals surface area contributed by atoms with E-state index in [4.69, 9.17) is 4.74 Å². The molecule has 9 heteroatoms. The lowest BCUT2D eigenvalue weighted by atomic mass is 10.3. The summed E-state index contributed by atoms with van der Waals surface area (Å²) in [6, 6.07) is 0. The number of rotatable bonds is 10. The van der Waals surface area contributed by atoms with Crippen LogP contribution >= 0.6 is 0 Å². The summed E-state index contributed by atoms with van der Waals surface area (Å²) in [5.41, 5.74) is 0. The van der Waals surface area contributed by atoms with E-state index < -0.39 is 21.9 Å². The molecule has 1 amide bonds. The van der Waals surface area contributed by atoms with Gasteiger partial charge in [-0.1, -0.05) is 0 Å². The molecular formula is C10H20N2O6S. The van der Waals surface area contributed by atoms with E-state index in [9.17, 15) is 18.0 Å². The summed E-state index contributed by atoms with van der Waals surface area (Å²) in [5.74, 6) is -1.13. The Morgan fingerprint density at radius 2 is 1.89 bits per heavy atom. The van der Waals surface area contributed by atoms with Crippen LogP contribution < -0.4 is 10.0 Å². The van der Waals surface area contributed by atoms with Gasteiger partial charge in [0.25, 0.3) is 0 Å². The molecule has 0 atom stereocenters. The van der Waals surface area contributed by atoms with Crippen LogP contribution in [0.3, 0.4) is 0 Å². The molecule has 112 valence electrons. The Morgan fingerprint density at radius 1 is 1.21 bits per heavy atom. The second-order valence-corrected chi connectivity index (χ2v) is 5.59. The molecule has 0 fully saturated rings. The molecule has 0 heterocycles. The first-order valence-electron chi connectivity index (χ1n) is 5.71. The van der Waals surface area contributed by atoms with E-state index in [2.05, 4.69) is 14.8 Å². The van der Waals surface area contributed by atoms with Gasteiger partial charge in [-0.2, -0.15) is 0 Å². The van der Waals surface area contributed by atoms with Gasteiger partial charge in [0.05, 0.1) is 26.0 Å². The Kier molecular flexibility index (Phi) is 9.09. The molecule has 0 unspecified atom stereocenters. The van der Waals surface area contributed by atoms with Gasteiger partial charge in [-0.15, -0.1) is 0 Å². The Bertz CT molecular complexity index is 381. The molecule has 0 radical (unpaired) electrons. The molecular weight excluding hydrogens is 276 g/mol. The zero-order valence-corrected chi connectivity index (χ0v) is 11.9. The molecule has 19 heavy (non-hydrogen) atoms. The smallest absolute Gasteiger partial charge is 0.305 e. The molecule has 0 saturated heterocycles. The van der Waals surface area contributed by atoms with E-state index in [-0.39, 0.29) is 25.1 Å². The number of sulfonamides is 1. The van der Waals surface area contributed by atoms with E-state index in [0.29, 0.717) is 13.2 Å². The van der Waals surface area contributed by atoms with Crippen LogP contribution in [0, 0.1) is 0 Å². The highest BCUT2D eigenvalue weighted by Gasteiger charge is 2.13. The van der Waals surface area contributed by atoms with E-state index in [1.54, 1.807) is 0 Å². The van der Waals surface area contributed by atoms with Crippen molar-refractivity contribution in [3.63, 3.8) is 0 Å². The zero-order chi connectivity index (χ0) is 14.7. The molecule has 0 aliphatic rings. The number of carbonyl (C=O) groups is 2. The Morgan fingerprint density at radius 3 is 2.47 bits per heavy atom. The Hall–Kier alpha value is -1.19. The minimum atomic E-state index is -3.56. The van der Waals surface area contributed by atoms with Gasteiger partial charge in [-0.3, -0.25) is 9.59 Å². The zero-order valence-electron chi connectivity index (χ0n) is 11.1. The third-order valence-corrected chi connectivity index (χ3v) is 3.51. The molecule has 0 saturated carbocycles. The number of hydrogen-bond acceptors (Lipinski definition) is 6. The summed E-state index contributed by atoms with van der Waals surface area (Å²) in [7, 11) is -0.829.